The van der Waals surface area contributed by atoms with Gasteiger partial charge in [-0.15, -0.1) is 0 Å². The first-order valence-corrected chi connectivity index (χ1v) is 8.81. The molecule has 0 aromatic heterocycles. The molecule has 2 aromatic carbocycles. The summed E-state index contributed by atoms with van der Waals surface area (Å²) in [4.78, 5) is 12.0. The molecule has 118 valence electrons. The highest BCUT2D eigenvalue weighted by molar-refractivity contribution is 5.83. The maximum atomic E-state index is 12.0. The van der Waals surface area contributed by atoms with E-state index in [0.717, 1.165) is 19.3 Å². The summed E-state index contributed by atoms with van der Waals surface area (Å²) in [5.41, 5.74) is 1.04. The van der Waals surface area contributed by atoms with E-state index in [1.807, 2.05) is 0 Å². The van der Waals surface area contributed by atoms with Crippen LogP contribution in [0.5, 0.6) is 0 Å². The Kier molecular flexibility index (Phi) is 2.58. The van der Waals surface area contributed by atoms with Crippen molar-refractivity contribution in [1.29, 1.82) is 0 Å². The molecule has 4 saturated carbocycles. The monoisotopic (exact) mass is 306 g/mol. The van der Waals surface area contributed by atoms with E-state index in [-0.39, 0.29) is 5.41 Å². The van der Waals surface area contributed by atoms with Crippen molar-refractivity contribution in [3.8, 4) is 0 Å². The first-order valence-electron chi connectivity index (χ1n) is 8.81. The number of aliphatic carboxylic acids is 1. The van der Waals surface area contributed by atoms with Crippen LogP contribution in [-0.4, -0.2) is 11.1 Å². The fraction of sp³-hybridized carbons (Fsp3) is 0.476. The van der Waals surface area contributed by atoms with Gasteiger partial charge in [-0.3, -0.25) is 4.79 Å². The van der Waals surface area contributed by atoms with Gasteiger partial charge in [0.25, 0.3) is 0 Å². The third kappa shape index (κ3) is 1.84. The highest BCUT2D eigenvalue weighted by Crippen LogP contribution is 2.65. The number of carboxylic acids is 1. The molecule has 23 heavy (non-hydrogen) atoms. The molecule has 0 radical (unpaired) electrons. The van der Waals surface area contributed by atoms with Crippen LogP contribution in [0.4, 0.5) is 0 Å². The van der Waals surface area contributed by atoms with Crippen LogP contribution in [-0.2, 0) is 10.2 Å². The van der Waals surface area contributed by atoms with Crippen LogP contribution in [0, 0.1) is 17.3 Å². The summed E-state index contributed by atoms with van der Waals surface area (Å²) in [6.45, 7) is 0. The Bertz CT molecular complexity index is 792. The Morgan fingerprint density at radius 1 is 0.957 bits per heavy atom. The summed E-state index contributed by atoms with van der Waals surface area (Å²) in [5.74, 6) is 0.675. The molecule has 0 spiro atoms. The molecular weight excluding hydrogens is 284 g/mol. The van der Waals surface area contributed by atoms with E-state index in [1.165, 1.54) is 35.6 Å². The summed E-state index contributed by atoms with van der Waals surface area (Å²) in [5, 5.41) is 12.5. The molecule has 2 aromatic rings. The summed E-state index contributed by atoms with van der Waals surface area (Å²) >= 11 is 0. The number of fused-ring (bicyclic) bond motifs is 1. The average Bonchev–Trinajstić information content (AvgIpc) is 2.53. The van der Waals surface area contributed by atoms with Gasteiger partial charge < -0.3 is 5.11 Å². The van der Waals surface area contributed by atoms with E-state index in [1.54, 1.807) is 0 Å². The smallest absolute Gasteiger partial charge is 0.309 e. The quantitative estimate of drug-likeness (QED) is 0.868. The number of carboxylic acid groups (broad SMARTS) is 1. The molecule has 0 aliphatic heterocycles. The van der Waals surface area contributed by atoms with Crippen LogP contribution in [0.1, 0.15) is 44.1 Å². The van der Waals surface area contributed by atoms with Crippen LogP contribution < -0.4 is 0 Å². The van der Waals surface area contributed by atoms with Crippen molar-refractivity contribution in [2.24, 2.45) is 17.3 Å². The zero-order chi connectivity index (χ0) is 15.7. The Morgan fingerprint density at radius 3 is 2.35 bits per heavy atom. The van der Waals surface area contributed by atoms with Crippen molar-refractivity contribution in [3.63, 3.8) is 0 Å². The van der Waals surface area contributed by atoms with Gasteiger partial charge in [-0.2, -0.15) is 0 Å². The van der Waals surface area contributed by atoms with E-state index < -0.39 is 11.4 Å². The zero-order valence-electron chi connectivity index (χ0n) is 13.3. The van der Waals surface area contributed by atoms with Gasteiger partial charge in [0.2, 0.25) is 0 Å². The lowest BCUT2D eigenvalue weighted by molar-refractivity contribution is -0.167. The second kappa shape index (κ2) is 4.37. The molecule has 4 bridgehead atoms. The van der Waals surface area contributed by atoms with Crippen molar-refractivity contribution < 1.29 is 9.90 Å². The second-order valence-electron chi connectivity index (χ2n) is 8.39. The summed E-state index contributed by atoms with van der Waals surface area (Å²) in [6, 6.07) is 15.3. The Morgan fingerprint density at radius 2 is 1.65 bits per heavy atom. The number of carbonyl (C=O) groups is 1. The highest BCUT2D eigenvalue weighted by atomic mass is 16.4. The van der Waals surface area contributed by atoms with Gasteiger partial charge in [-0.25, -0.2) is 0 Å². The summed E-state index contributed by atoms with van der Waals surface area (Å²) in [6.07, 6.45) is 6.31. The molecule has 0 amide bonds. The molecule has 4 atom stereocenters. The zero-order valence-corrected chi connectivity index (χ0v) is 13.3. The van der Waals surface area contributed by atoms with Gasteiger partial charge in [-0.1, -0.05) is 42.5 Å². The van der Waals surface area contributed by atoms with E-state index in [2.05, 4.69) is 42.5 Å². The highest BCUT2D eigenvalue weighted by Gasteiger charge is 2.61. The first kappa shape index (κ1) is 13.6. The minimum absolute atomic E-state index is 0.104. The molecule has 4 fully saturated rings. The Labute approximate surface area is 136 Å². The van der Waals surface area contributed by atoms with Crippen molar-refractivity contribution >= 4 is 16.7 Å². The molecule has 2 heteroatoms. The molecular formula is C21H22O2. The van der Waals surface area contributed by atoms with E-state index in [4.69, 9.17) is 0 Å². The molecule has 6 rings (SSSR count). The molecule has 4 aliphatic carbocycles. The average molecular weight is 306 g/mol. The Hall–Kier alpha value is -1.83. The second-order valence-corrected chi connectivity index (χ2v) is 8.39. The predicted octanol–water partition coefficient (Wildman–Crippen LogP) is 4.76. The minimum atomic E-state index is -0.545. The van der Waals surface area contributed by atoms with E-state index in [9.17, 15) is 9.90 Å². The van der Waals surface area contributed by atoms with Crippen LogP contribution in [0.15, 0.2) is 42.5 Å². The third-order valence-corrected chi connectivity index (χ3v) is 6.88. The molecule has 1 N–H and O–H groups in total. The maximum Gasteiger partial charge on any atom is 0.309 e. The fourth-order valence-corrected chi connectivity index (χ4v) is 6.37. The normalized spacial score (nSPS) is 38.1. The Balaban J connectivity index is 1.64. The summed E-state index contributed by atoms with van der Waals surface area (Å²) < 4.78 is 0. The number of hydrogen-bond donors (Lipinski definition) is 1. The van der Waals surface area contributed by atoms with Crippen LogP contribution in [0.25, 0.3) is 10.8 Å². The van der Waals surface area contributed by atoms with Gasteiger partial charge in [-0.05, 0) is 72.1 Å². The van der Waals surface area contributed by atoms with Crippen molar-refractivity contribution in [1.82, 2.24) is 0 Å². The topological polar surface area (TPSA) is 37.3 Å². The lowest BCUT2D eigenvalue weighted by Crippen LogP contribution is -2.56. The first-order chi connectivity index (χ1) is 11.1. The molecule has 0 saturated heterocycles. The third-order valence-electron chi connectivity index (χ3n) is 6.88. The SMILES string of the molecule is O=C(O)C12C[C@H]3C[C@@H](C1)CC(c1ccc4ccccc4c1)(C3)C2. The fourth-order valence-electron chi connectivity index (χ4n) is 6.37. The molecule has 0 heterocycles. The lowest BCUT2D eigenvalue weighted by atomic mass is 9.43. The van der Waals surface area contributed by atoms with Crippen molar-refractivity contribution in [3.05, 3.63) is 48.0 Å². The van der Waals surface area contributed by atoms with Crippen LogP contribution >= 0.6 is 0 Å². The molecule has 2 nitrogen and oxygen atoms in total. The molecule has 2 unspecified atom stereocenters. The number of hydrogen-bond acceptors (Lipinski definition) is 1. The largest absolute Gasteiger partial charge is 0.481 e. The predicted molar refractivity (Wildman–Crippen MR) is 90.4 cm³/mol. The van der Waals surface area contributed by atoms with Crippen molar-refractivity contribution in [2.75, 3.05) is 0 Å². The van der Waals surface area contributed by atoms with Crippen LogP contribution in [0.3, 0.4) is 0 Å². The van der Waals surface area contributed by atoms with Crippen LogP contribution in [0.2, 0.25) is 0 Å². The van der Waals surface area contributed by atoms with Gasteiger partial charge in [0.15, 0.2) is 0 Å². The van der Waals surface area contributed by atoms with E-state index in [0.29, 0.717) is 11.8 Å². The number of rotatable bonds is 2. The maximum absolute atomic E-state index is 12.0. The van der Waals surface area contributed by atoms with Gasteiger partial charge >= 0.3 is 5.97 Å². The standard InChI is InChI=1S/C21H22O2/c22-19(23)21-11-14-7-15(12-21)10-20(9-14,13-21)18-6-5-16-3-1-2-4-17(16)8-18/h1-6,8,14-15H,7,9-13H2,(H,22,23)/t14-,15+,20?,21?. The van der Waals surface area contributed by atoms with Gasteiger partial charge in [0, 0.05) is 0 Å². The lowest BCUT2D eigenvalue weighted by Gasteiger charge is -2.60. The van der Waals surface area contributed by atoms with E-state index >= 15 is 0 Å². The van der Waals surface area contributed by atoms with Crippen molar-refractivity contribution in [2.45, 2.75) is 43.9 Å². The molecule has 4 aliphatic rings. The van der Waals surface area contributed by atoms with Gasteiger partial charge in [0.1, 0.15) is 0 Å². The van der Waals surface area contributed by atoms with Gasteiger partial charge in [0.05, 0.1) is 5.41 Å². The minimum Gasteiger partial charge on any atom is -0.481 e. The summed E-state index contributed by atoms with van der Waals surface area (Å²) in [7, 11) is 0. The number of benzene rings is 2.